The second kappa shape index (κ2) is 7.97. The Kier molecular flexibility index (Phi) is 5.68. The topological polar surface area (TPSA) is 91.5 Å². The Morgan fingerprint density at radius 2 is 2.12 bits per heavy atom. The summed E-state index contributed by atoms with van der Waals surface area (Å²) in [5.74, 6) is 0.964. The molecule has 2 heterocycles. The molecule has 0 bridgehead atoms. The minimum absolute atomic E-state index is 0.0385. The molecule has 140 valence electrons. The quantitative estimate of drug-likeness (QED) is 0.810. The third-order valence-electron chi connectivity index (χ3n) is 4.66. The summed E-state index contributed by atoms with van der Waals surface area (Å²) in [5.41, 5.74) is 1.34. The van der Waals surface area contributed by atoms with Gasteiger partial charge in [-0.25, -0.2) is 0 Å². The summed E-state index contributed by atoms with van der Waals surface area (Å²) in [7, 11) is 0. The molecule has 1 aliphatic rings. The van der Waals surface area contributed by atoms with Crippen LogP contribution in [0.5, 0.6) is 0 Å². The number of carbonyl (C=O) groups is 1. The lowest BCUT2D eigenvalue weighted by molar-refractivity contribution is -0.124. The smallest absolute Gasteiger partial charge is 0.234 e. The zero-order chi connectivity index (χ0) is 18.6. The highest BCUT2D eigenvalue weighted by Gasteiger charge is 2.35. The van der Waals surface area contributed by atoms with E-state index in [1.165, 1.54) is 5.56 Å². The SMILES string of the molecule is Cc1ccc(CNC(=O)CN2CCCC(O)(Cc3nc(C)no3)C2)cc1. The summed E-state index contributed by atoms with van der Waals surface area (Å²) < 4.78 is 5.13. The van der Waals surface area contributed by atoms with Crippen LogP contribution in [-0.2, 0) is 17.8 Å². The van der Waals surface area contributed by atoms with Crippen molar-refractivity contribution in [2.75, 3.05) is 19.6 Å². The lowest BCUT2D eigenvalue weighted by Gasteiger charge is -2.38. The van der Waals surface area contributed by atoms with Crippen LogP contribution in [0.4, 0.5) is 0 Å². The van der Waals surface area contributed by atoms with Gasteiger partial charge >= 0.3 is 0 Å². The molecule has 0 radical (unpaired) electrons. The Hall–Kier alpha value is -2.25. The summed E-state index contributed by atoms with van der Waals surface area (Å²) in [6.07, 6.45) is 1.81. The number of piperidine rings is 1. The number of amides is 1. The van der Waals surface area contributed by atoms with E-state index in [1.807, 2.05) is 36.1 Å². The fraction of sp³-hybridized carbons (Fsp3) is 0.526. The molecule has 0 saturated carbocycles. The van der Waals surface area contributed by atoms with Crippen LogP contribution >= 0.6 is 0 Å². The van der Waals surface area contributed by atoms with E-state index in [1.54, 1.807) is 6.92 Å². The van der Waals surface area contributed by atoms with Crippen molar-refractivity contribution in [3.05, 3.63) is 47.1 Å². The van der Waals surface area contributed by atoms with Gasteiger partial charge in [0, 0.05) is 13.1 Å². The van der Waals surface area contributed by atoms with E-state index in [0.717, 1.165) is 18.5 Å². The van der Waals surface area contributed by atoms with Crippen LogP contribution in [0.15, 0.2) is 28.8 Å². The molecule has 1 aliphatic heterocycles. The van der Waals surface area contributed by atoms with Gasteiger partial charge in [-0.1, -0.05) is 35.0 Å². The fourth-order valence-electron chi connectivity index (χ4n) is 3.34. The summed E-state index contributed by atoms with van der Waals surface area (Å²) in [6.45, 7) is 5.79. The van der Waals surface area contributed by atoms with Crippen molar-refractivity contribution in [3.63, 3.8) is 0 Å². The van der Waals surface area contributed by atoms with Gasteiger partial charge in [-0.2, -0.15) is 4.98 Å². The first-order chi connectivity index (χ1) is 12.4. The van der Waals surface area contributed by atoms with Crippen molar-refractivity contribution in [3.8, 4) is 0 Å². The number of likely N-dealkylation sites (tertiary alicyclic amines) is 1. The Bertz CT molecular complexity index is 743. The van der Waals surface area contributed by atoms with E-state index in [-0.39, 0.29) is 12.5 Å². The number of carbonyl (C=O) groups excluding carboxylic acids is 1. The Balaban J connectivity index is 1.49. The maximum atomic E-state index is 12.2. The van der Waals surface area contributed by atoms with E-state index in [4.69, 9.17) is 4.52 Å². The lowest BCUT2D eigenvalue weighted by Crippen LogP contribution is -2.51. The summed E-state index contributed by atoms with van der Waals surface area (Å²) in [6, 6.07) is 8.10. The van der Waals surface area contributed by atoms with Gasteiger partial charge in [0.2, 0.25) is 11.8 Å². The molecular weight excluding hydrogens is 332 g/mol. The third-order valence-corrected chi connectivity index (χ3v) is 4.66. The summed E-state index contributed by atoms with van der Waals surface area (Å²) in [5, 5.41) is 17.6. The molecule has 1 saturated heterocycles. The maximum absolute atomic E-state index is 12.2. The number of rotatable bonds is 6. The van der Waals surface area contributed by atoms with Crippen LogP contribution in [0.2, 0.25) is 0 Å². The van der Waals surface area contributed by atoms with E-state index in [9.17, 15) is 9.90 Å². The first-order valence-corrected chi connectivity index (χ1v) is 8.98. The number of hydrogen-bond acceptors (Lipinski definition) is 6. The standard InChI is InChI=1S/C19H26N4O3/c1-14-4-6-16(7-5-14)11-20-17(24)12-23-9-3-8-19(25,13-23)10-18-21-15(2)22-26-18/h4-7,25H,3,8-13H2,1-2H3,(H,20,24). The van der Waals surface area contributed by atoms with Gasteiger partial charge < -0.3 is 14.9 Å². The zero-order valence-corrected chi connectivity index (χ0v) is 15.4. The molecule has 1 amide bonds. The first kappa shape index (κ1) is 18.5. The van der Waals surface area contributed by atoms with Crippen LogP contribution in [0.3, 0.4) is 0 Å². The van der Waals surface area contributed by atoms with Crippen LogP contribution < -0.4 is 5.32 Å². The van der Waals surface area contributed by atoms with Gasteiger partial charge in [0.1, 0.15) is 0 Å². The zero-order valence-electron chi connectivity index (χ0n) is 15.4. The Morgan fingerprint density at radius 1 is 1.35 bits per heavy atom. The van der Waals surface area contributed by atoms with Crippen LogP contribution in [0, 0.1) is 13.8 Å². The minimum Gasteiger partial charge on any atom is -0.388 e. The van der Waals surface area contributed by atoms with Crippen molar-refractivity contribution in [2.24, 2.45) is 0 Å². The monoisotopic (exact) mass is 358 g/mol. The maximum Gasteiger partial charge on any atom is 0.234 e. The molecule has 7 nitrogen and oxygen atoms in total. The number of aromatic nitrogens is 2. The molecule has 2 N–H and O–H groups in total. The molecule has 1 aromatic heterocycles. The molecule has 2 aromatic rings. The number of aliphatic hydroxyl groups is 1. The number of aryl methyl sites for hydroxylation is 2. The largest absolute Gasteiger partial charge is 0.388 e. The van der Waals surface area contributed by atoms with Crippen molar-refractivity contribution in [1.29, 1.82) is 0 Å². The molecule has 7 heteroatoms. The van der Waals surface area contributed by atoms with Crippen molar-refractivity contribution < 1.29 is 14.4 Å². The number of β-amino-alcohol motifs (C(OH)–C–C–N with tert-alkyl or cyclic N) is 1. The van der Waals surface area contributed by atoms with Gasteiger partial charge in [0.05, 0.1) is 18.6 Å². The molecule has 1 atom stereocenters. The minimum atomic E-state index is -0.936. The molecular formula is C19H26N4O3. The number of hydrogen-bond donors (Lipinski definition) is 2. The second-order valence-corrected chi connectivity index (χ2v) is 7.21. The molecule has 1 unspecified atom stereocenters. The van der Waals surface area contributed by atoms with E-state index in [0.29, 0.717) is 37.6 Å². The molecule has 1 aromatic carbocycles. The summed E-state index contributed by atoms with van der Waals surface area (Å²) >= 11 is 0. The number of nitrogens with one attached hydrogen (secondary N) is 1. The molecule has 3 rings (SSSR count). The highest BCUT2D eigenvalue weighted by Crippen LogP contribution is 2.24. The second-order valence-electron chi connectivity index (χ2n) is 7.21. The Morgan fingerprint density at radius 3 is 2.81 bits per heavy atom. The van der Waals surface area contributed by atoms with Crippen LogP contribution in [0.1, 0.15) is 35.7 Å². The average Bonchev–Trinajstić information content (AvgIpc) is 2.98. The fourth-order valence-corrected chi connectivity index (χ4v) is 3.34. The average molecular weight is 358 g/mol. The van der Waals surface area contributed by atoms with Crippen molar-refractivity contribution in [2.45, 2.75) is 45.3 Å². The summed E-state index contributed by atoms with van der Waals surface area (Å²) in [4.78, 5) is 18.4. The van der Waals surface area contributed by atoms with Gasteiger partial charge in [-0.15, -0.1) is 0 Å². The van der Waals surface area contributed by atoms with Gasteiger partial charge in [0.15, 0.2) is 5.82 Å². The first-order valence-electron chi connectivity index (χ1n) is 8.98. The number of nitrogens with zero attached hydrogens (tertiary/aromatic N) is 3. The van der Waals surface area contributed by atoms with Crippen molar-refractivity contribution in [1.82, 2.24) is 20.4 Å². The highest BCUT2D eigenvalue weighted by molar-refractivity contribution is 5.78. The lowest BCUT2D eigenvalue weighted by atomic mass is 9.89. The molecule has 0 spiro atoms. The van der Waals surface area contributed by atoms with E-state index in [2.05, 4.69) is 15.5 Å². The van der Waals surface area contributed by atoms with E-state index < -0.39 is 5.60 Å². The highest BCUT2D eigenvalue weighted by atomic mass is 16.5. The van der Waals surface area contributed by atoms with Crippen molar-refractivity contribution >= 4 is 5.91 Å². The van der Waals surface area contributed by atoms with Gasteiger partial charge in [-0.3, -0.25) is 9.69 Å². The molecule has 26 heavy (non-hydrogen) atoms. The third kappa shape index (κ3) is 5.12. The van der Waals surface area contributed by atoms with Gasteiger partial charge in [-0.05, 0) is 38.8 Å². The molecule has 1 fully saturated rings. The normalized spacial score (nSPS) is 20.9. The molecule has 0 aliphatic carbocycles. The Labute approximate surface area is 153 Å². The van der Waals surface area contributed by atoms with Gasteiger partial charge in [0.25, 0.3) is 0 Å². The number of benzene rings is 1. The van der Waals surface area contributed by atoms with Crippen LogP contribution in [0.25, 0.3) is 0 Å². The predicted molar refractivity (Wildman–Crippen MR) is 96.4 cm³/mol. The van der Waals surface area contributed by atoms with E-state index >= 15 is 0 Å². The van der Waals surface area contributed by atoms with Crippen LogP contribution in [-0.4, -0.2) is 51.3 Å². The predicted octanol–water partition coefficient (Wildman–Crippen LogP) is 1.37.